The maximum atomic E-state index is 13.2. The van der Waals surface area contributed by atoms with E-state index in [1.807, 2.05) is 72.8 Å². The third kappa shape index (κ3) is 5.42. The minimum absolute atomic E-state index is 0.105. The van der Waals surface area contributed by atoms with Crippen LogP contribution in [0.2, 0.25) is 5.02 Å². The molecular formula is C29H30ClN3O2. The summed E-state index contributed by atoms with van der Waals surface area (Å²) in [6.07, 6.45) is 3.63. The number of ether oxygens (including phenoxy) is 1. The summed E-state index contributed by atoms with van der Waals surface area (Å²) in [6, 6.07) is 23.8. The van der Waals surface area contributed by atoms with Gasteiger partial charge in [0.05, 0.1) is 24.2 Å². The molecule has 4 aromatic rings. The molecule has 3 aromatic carbocycles. The van der Waals surface area contributed by atoms with Crippen LogP contribution in [0.15, 0.2) is 77.6 Å². The van der Waals surface area contributed by atoms with Crippen LogP contribution in [0.1, 0.15) is 31.7 Å². The van der Waals surface area contributed by atoms with E-state index in [0.29, 0.717) is 29.6 Å². The van der Waals surface area contributed by atoms with E-state index in [2.05, 4.69) is 11.8 Å². The van der Waals surface area contributed by atoms with Gasteiger partial charge in [0.1, 0.15) is 5.75 Å². The van der Waals surface area contributed by atoms with Gasteiger partial charge in [0, 0.05) is 28.6 Å². The Kier molecular flexibility index (Phi) is 7.16. The first-order valence-electron chi connectivity index (χ1n) is 12.3. The van der Waals surface area contributed by atoms with Crippen LogP contribution in [0.3, 0.4) is 0 Å². The molecule has 180 valence electrons. The van der Waals surface area contributed by atoms with E-state index in [1.54, 1.807) is 0 Å². The van der Waals surface area contributed by atoms with Gasteiger partial charge in [-0.2, -0.15) is 5.10 Å². The van der Waals surface area contributed by atoms with Gasteiger partial charge in [-0.15, -0.1) is 0 Å². The van der Waals surface area contributed by atoms with Gasteiger partial charge in [-0.25, -0.2) is 4.68 Å². The van der Waals surface area contributed by atoms with E-state index in [-0.39, 0.29) is 5.56 Å². The average molecular weight is 488 g/mol. The summed E-state index contributed by atoms with van der Waals surface area (Å²) in [4.78, 5) is 15.7. The molecule has 0 radical (unpaired) electrons. The number of hydrogen-bond donors (Lipinski definition) is 0. The first-order chi connectivity index (χ1) is 17.1. The SMILES string of the molecule is CC1CCCN1CCCOc1ccc(-c2nn(Cc3ccc(Cl)cc3)c(=O)c3ccccc23)cc1. The van der Waals surface area contributed by atoms with Gasteiger partial charge >= 0.3 is 0 Å². The number of halogens is 1. The largest absolute Gasteiger partial charge is 0.494 e. The molecule has 5 rings (SSSR count). The predicted molar refractivity (Wildman–Crippen MR) is 142 cm³/mol. The van der Waals surface area contributed by atoms with E-state index >= 15 is 0 Å². The van der Waals surface area contributed by atoms with E-state index in [4.69, 9.17) is 21.4 Å². The van der Waals surface area contributed by atoms with Crippen LogP contribution in [-0.4, -0.2) is 40.4 Å². The van der Waals surface area contributed by atoms with Gasteiger partial charge in [0.2, 0.25) is 0 Å². The molecule has 1 aromatic heterocycles. The fraction of sp³-hybridized carbons (Fsp3) is 0.310. The van der Waals surface area contributed by atoms with Crippen molar-refractivity contribution in [3.63, 3.8) is 0 Å². The molecule has 35 heavy (non-hydrogen) atoms. The van der Waals surface area contributed by atoms with Crippen molar-refractivity contribution in [1.29, 1.82) is 0 Å². The van der Waals surface area contributed by atoms with Crippen LogP contribution in [0.25, 0.3) is 22.0 Å². The molecular weight excluding hydrogens is 458 g/mol. The lowest BCUT2D eigenvalue weighted by atomic mass is 10.0. The number of benzene rings is 3. The second-order valence-corrected chi connectivity index (χ2v) is 9.67. The quantitative estimate of drug-likeness (QED) is 0.285. The molecule has 5 nitrogen and oxygen atoms in total. The third-order valence-corrected chi connectivity index (χ3v) is 7.04. The lowest BCUT2D eigenvalue weighted by molar-refractivity contribution is 0.230. The first kappa shape index (κ1) is 23.6. The minimum Gasteiger partial charge on any atom is -0.494 e. The number of fused-ring (bicyclic) bond motifs is 1. The average Bonchev–Trinajstić information content (AvgIpc) is 3.30. The summed E-state index contributed by atoms with van der Waals surface area (Å²) in [5.41, 5.74) is 2.59. The third-order valence-electron chi connectivity index (χ3n) is 6.79. The van der Waals surface area contributed by atoms with Crippen molar-refractivity contribution in [2.24, 2.45) is 0 Å². The van der Waals surface area contributed by atoms with Crippen LogP contribution in [0, 0.1) is 0 Å². The fourth-order valence-corrected chi connectivity index (χ4v) is 4.94. The van der Waals surface area contributed by atoms with Crippen molar-refractivity contribution < 1.29 is 4.74 Å². The topological polar surface area (TPSA) is 47.4 Å². The zero-order chi connectivity index (χ0) is 24.2. The van der Waals surface area contributed by atoms with Gasteiger partial charge in [-0.05, 0) is 80.8 Å². The Labute approximate surface area is 210 Å². The van der Waals surface area contributed by atoms with Crippen molar-refractivity contribution in [2.45, 2.75) is 38.8 Å². The highest BCUT2D eigenvalue weighted by molar-refractivity contribution is 6.30. The summed E-state index contributed by atoms with van der Waals surface area (Å²) in [6.45, 7) is 5.69. The molecule has 6 heteroatoms. The van der Waals surface area contributed by atoms with Crippen LogP contribution < -0.4 is 10.3 Å². The summed E-state index contributed by atoms with van der Waals surface area (Å²) in [5.74, 6) is 0.849. The molecule has 1 saturated heterocycles. The van der Waals surface area contributed by atoms with Crippen molar-refractivity contribution in [2.75, 3.05) is 19.7 Å². The van der Waals surface area contributed by atoms with Crippen LogP contribution >= 0.6 is 11.6 Å². The Hall–Kier alpha value is -3.15. The Morgan fingerprint density at radius 3 is 2.46 bits per heavy atom. The fourth-order valence-electron chi connectivity index (χ4n) is 4.81. The lowest BCUT2D eigenvalue weighted by Gasteiger charge is -2.20. The Morgan fingerprint density at radius 2 is 1.74 bits per heavy atom. The number of nitrogens with zero attached hydrogens (tertiary/aromatic N) is 3. The Morgan fingerprint density at radius 1 is 1.00 bits per heavy atom. The zero-order valence-electron chi connectivity index (χ0n) is 20.0. The molecule has 0 bridgehead atoms. The lowest BCUT2D eigenvalue weighted by Crippen LogP contribution is -2.28. The molecule has 0 N–H and O–H groups in total. The molecule has 0 aliphatic carbocycles. The highest BCUT2D eigenvalue weighted by Crippen LogP contribution is 2.27. The van der Waals surface area contributed by atoms with Gasteiger partial charge in [-0.1, -0.05) is 41.9 Å². The number of hydrogen-bond acceptors (Lipinski definition) is 4. The Balaban J connectivity index is 1.35. The summed E-state index contributed by atoms with van der Waals surface area (Å²) in [5, 5.41) is 6.94. The Bertz CT molecular complexity index is 1350. The maximum absolute atomic E-state index is 13.2. The second kappa shape index (κ2) is 10.6. The van der Waals surface area contributed by atoms with E-state index in [9.17, 15) is 4.79 Å². The number of aromatic nitrogens is 2. The monoisotopic (exact) mass is 487 g/mol. The zero-order valence-corrected chi connectivity index (χ0v) is 20.7. The molecule has 1 atom stereocenters. The maximum Gasteiger partial charge on any atom is 0.274 e. The molecule has 0 amide bonds. The van der Waals surface area contributed by atoms with Crippen molar-refractivity contribution >= 4 is 22.4 Å². The highest BCUT2D eigenvalue weighted by atomic mass is 35.5. The first-order valence-corrected chi connectivity index (χ1v) is 12.7. The van der Waals surface area contributed by atoms with Gasteiger partial charge < -0.3 is 9.64 Å². The summed E-state index contributed by atoms with van der Waals surface area (Å²) >= 11 is 6.02. The van der Waals surface area contributed by atoms with E-state index in [0.717, 1.165) is 40.9 Å². The van der Waals surface area contributed by atoms with Gasteiger partial charge in [-0.3, -0.25) is 4.79 Å². The van der Waals surface area contributed by atoms with Crippen molar-refractivity contribution in [3.05, 3.63) is 93.7 Å². The van der Waals surface area contributed by atoms with Crippen LogP contribution in [-0.2, 0) is 6.54 Å². The second-order valence-electron chi connectivity index (χ2n) is 9.24. The van der Waals surface area contributed by atoms with Gasteiger partial charge in [0.15, 0.2) is 0 Å². The highest BCUT2D eigenvalue weighted by Gasteiger charge is 2.19. The molecule has 1 fully saturated rings. The molecule has 2 heterocycles. The van der Waals surface area contributed by atoms with Crippen LogP contribution in [0.5, 0.6) is 5.75 Å². The molecule has 0 saturated carbocycles. The molecule has 1 aliphatic heterocycles. The van der Waals surface area contributed by atoms with Crippen LogP contribution in [0.4, 0.5) is 0 Å². The molecule has 1 aliphatic rings. The number of rotatable bonds is 8. The standard InChI is InChI=1S/C29H30ClN3O2/c1-21-6-4-17-32(21)18-5-19-35-25-15-11-23(12-16-25)28-26-7-2-3-8-27(26)29(34)33(31-28)20-22-9-13-24(30)14-10-22/h2-3,7-16,21H,4-6,17-20H2,1H3. The smallest absolute Gasteiger partial charge is 0.274 e. The molecule has 1 unspecified atom stereocenters. The predicted octanol–water partition coefficient (Wildman–Crippen LogP) is 6.02. The van der Waals surface area contributed by atoms with Gasteiger partial charge in [0.25, 0.3) is 5.56 Å². The number of likely N-dealkylation sites (tertiary alicyclic amines) is 1. The van der Waals surface area contributed by atoms with E-state index < -0.39 is 0 Å². The van der Waals surface area contributed by atoms with Crippen molar-refractivity contribution in [1.82, 2.24) is 14.7 Å². The minimum atomic E-state index is -0.105. The van der Waals surface area contributed by atoms with Crippen molar-refractivity contribution in [3.8, 4) is 17.0 Å². The molecule has 0 spiro atoms. The summed E-state index contributed by atoms with van der Waals surface area (Å²) < 4.78 is 7.53. The summed E-state index contributed by atoms with van der Waals surface area (Å²) in [7, 11) is 0. The normalized spacial score (nSPS) is 16.1. The van der Waals surface area contributed by atoms with E-state index in [1.165, 1.54) is 24.1 Å².